The number of aryl methyl sites for hydroxylation is 1. The van der Waals surface area contributed by atoms with Crippen molar-refractivity contribution >= 4 is 6.21 Å². The van der Waals surface area contributed by atoms with Crippen molar-refractivity contribution in [2.24, 2.45) is 4.99 Å². The maximum Gasteiger partial charge on any atom is 0.0621 e. The number of hydrogen-bond donors (Lipinski definition) is 0. The smallest absolute Gasteiger partial charge is 0.0621 e. The number of hydrogen-bond acceptors (Lipinski definition) is 2. The Morgan fingerprint density at radius 3 is 2.94 bits per heavy atom. The lowest BCUT2D eigenvalue weighted by Crippen LogP contribution is -1.86. The summed E-state index contributed by atoms with van der Waals surface area (Å²) in [5, 5.41) is 8.36. The van der Waals surface area contributed by atoms with Crippen LogP contribution < -0.4 is 0 Å². The van der Waals surface area contributed by atoms with Crippen molar-refractivity contribution in [1.29, 1.82) is 5.26 Å². The third-order valence-electron chi connectivity index (χ3n) is 2.36. The van der Waals surface area contributed by atoms with Gasteiger partial charge < -0.3 is 0 Å². The summed E-state index contributed by atoms with van der Waals surface area (Å²) in [5.41, 5.74) is 2.43. The summed E-state index contributed by atoms with van der Waals surface area (Å²) in [6, 6.07) is 10.5. The first-order valence-electron chi connectivity index (χ1n) is 5.76. The topological polar surface area (TPSA) is 36.1 Å². The lowest BCUT2D eigenvalue weighted by Gasteiger charge is -1.96. The Kier molecular flexibility index (Phi) is 5.95. The van der Waals surface area contributed by atoms with E-state index in [0.29, 0.717) is 6.42 Å². The standard InChI is InChI=1S/C14H18N2/c1-13-7-6-8-14(11-13)12-16-10-5-3-2-4-9-15/h6-8,11-12H,2-5,10H2,1H3/b16-12+. The Morgan fingerprint density at radius 1 is 1.31 bits per heavy atom. The molecule has 0 bridgehead atoms. The fourth-order valence-electron chi connectivity index (χ4n) is 1.50. The van der Waals surface area contributed by atoms with Crippen LogP contribution in [0.1, 0.15) is 36.8 Å². The summed E-state index contributed by atoms with van der Waals surface area (Å²) in [7, 11) is 0. The zero-order chi connectivity index (χ0) is 11.6. The van der Waals surface area contributed by atoms with Crippen molar-refractivity contribution < 1.29 is 0 Å². The summed E-state index contributed by atoms with van der Waals surface area (Å²) < 4.78 is 0. The number of aliphatic imine (C=N–C) groups is 1. The quantitative estimate of drug-likeness (QED) is 0.527. The average Bonchev–Trinajstić information content (AvgIpc) is 2.28. The molecule has 0 N–H and O–H groups in total. The zero-order valence-electron chi connectivity index (χ0n) is 9.82. The maximum atomic E-state index is 8.36. The van der Waals surface area contributed by atoms with Crippen LogP contribution in [-0.4, -0.2) is 12.8 Å². The molecule has 0 fully saturated rings. The van der Waals surface area contributed by atoms with Gasteiger partial charge in [0, 0.05) is 19.2 Å². The van der Waals surface area contributed by atoms with E-state index in [9.17, 15) is 0 Å². The Balaban J connectivity index is 2.20. The van der Waals surface area contributed by atoms with Gasteiger partial charge in [0.2, 0.25) is 0 Å². The molecule has 0 aromatic heterocycles. The van der Waals surface area contributed by atoms with E-state index in [1.165, 1.54) is 5.56 Å². The lowest BCUT2D eigenvalue weighted by atomic mass is 10.1. The van der Waals surface area contributed by atoms with Gasteiger partial charge in [0.15, 0.2) is 0 Å². The van der Waals surface area contributed by atoms with E-state index in [1.807, 2.05) is 12.3 Å². The number of benzene rings is 1. The predicted molar refractivity (Wildman–Crippen MR) is 67.7 cm³/mol. The molecule has 0 saturated heterocycles. The molecule has 0 spiro atoms. The molecule has 1 rings (SSSR count). The van der Waals surface area contributed by atoms with E-state index >= 15 is 0 Å². The molecular weight excluding hydrogens is 196 g/mol. The first-order chi connectivity index (χ1) is 7.83. The van der Waals surface area contributed by atoms with Crippen LogP contribution in [-0.2, 0) is 0 Å². The molecule has 16 heavy (non-hydrogen) atoms. The van der Waals surface area contributed by atoms with Crippen molar-refractivity contribution in [1.82, 2.24) is 0 Å². The van der Waals surface area contributed by atoms with Crippen LogP contribution in [0.15, 0.2) is 29.3 Å². The molecule has 0 aliphatic carbocycles. The molecule has 0 unspecified atom stereocenters. The third kappa shape index (κ3) is 5.31. The van der Waals surface area contributed by atoms with E-state index in [1.54, 1.807) is 0 Å². The average molecular weight is 214 g/mol. The van der Waals surface area contributed by atoms with E-state index < -0.39 is 0 Å². The molecule has 2 nitrogen and oxygen atoms in total. The first kappa shape index (κ1) is 12.4. The first-order valence-corrected chi connectivity index (χ1v) is 5.76. The second-order valence-corrected chi connectivity index (χ2v) is 3.92. The summed E-state index contributed by atoms with van der Waals surface area (Å²) in [5.74, 6) is 0. The molecule has 1 aromatic carbocycles. The fraction of sp³-hybridized carbons (Fsp3) is 0.429. The number of nitriles is 1. The third-order valence-corrected chi connectivity index (χ3v) is 2.36. The van der Waals surface area contributed by atoms with Crippen LogP contribution >= 0.6 is 0 Å². The minimum absolute atomic E-state index is 0.668. The normalized spacial score (nSPS) is 10.5. The van der Waals surface area contributed by atoms with Crippen LogP contribution in [0.4, 0.5) is 0 Å². The summed E-state index contributed by atoms with van der Waals surface area (Å²) in [6.45, 7) is 2.94. The van der Waals surface area contributed by atoms with Crippen LogP contribution in [0.5, 0.6) is 0 Å². The van der Waals surface area contributed by atoms with Gasteiger partial charge in [-0.25, -0.2) is 0 Å². The second kappa shape index (κ2) is 7.64. The van der Waals surface area contributed by atoms with Gasteiger partial charge in [0.05, 0.1) is 6.07 Å². The predicted octanol–water partition coefficient (Wildman–Crippen LogP) is 3.50. The minimum atomic E-state index is 0.668. The molecule has 0 amide bonds. The number of unbranched alkanes of at least 4 members (excludes halogenated alkanes) is 3. The molecule has 0 aliphatic rings. The highest BCUT2D eigenvalue weighted by Crippen LogP contribution is 2.02. The van der Waals surface area contributed by atoms with Crippen molar-refractivity contribution in [3.8, 4) is 6.07 Å². The fourth-order valence-corrected chi connectivity index (χ4v) is 1.50. The molecule has 0 saturated carbocycles. The molecule has 84 valence electrons. The lowest BCUT2D eigenvalue weighted by molar-refractivity contribution is 0.701. The summed E-state index contributed by atoms with van der Waals surface area (Å²) in [6.07, 6.45) is 5.76. The Hall–Kier alpha value is -1.62. The van der Waals surface area contributed by atoms with Crippen molar-refractivity contribution in [3.63, 3.8) is 0 Å². The monoisotopic (exact) mass is 214 g/mol. The van der Waals surface area contributed by atoms with Gasteiger partial charge >= 0.3 is 0 Å². The molecule has 0 aliphatic heterocycles. The maximum absolute atomic E-state index is 8.36. The highest BCUT2D eigenvalue weighted by Gasteiger charge is 1.89. The molecule has 0 radical (unpaired) electrons. The summed E-state index contributed by atoms with van der Waals surface area (Å²) >= 11 is 0. The highest BCUT2D eigenvalue weighted by atomic mass is 14.7. The molecule has 2 heteroatoms. The largest absolute Gasteiger partial charge is 0.293 e. The van der Waals surface area contributed by atoms with Crippen molar-refractivity contribution in [3.05, 3.63) is 35.4 Å². The van der Waals surface area contributed by atoms with Gasteiger partial charge in [-0.3, -0.25) is 4.99 Å². The molecular formula is C14H18N2. The van der Waals surface area contributed by atoms with Crippen LogP contribution in [0.25, 0.3) is 0 Å². The second-order valence-electron chi connectivity index (χ2n) is 3.92. The van der Waals surface area contributed by atoms with Gasteiger partial charge in [-0.2, -0.15) is 5.26 Å². The van der Waals surface area contributed by atoms with Gasteiger partial charge in [0.1, 0.15) is 0 Å². The van der Waals surface area contributed by atoms with Gasteiger partial charge in [0.25, 0.3) is 0 Å². The minimum Gasteiger partial charge on any atom is -0.293 e. The van der Waals surface area contributed by atoms with Gasteiger partial charge in [-0.1, -0.05) is 36.2 Å². The summed E-state index contributed by atoms with van der Waals surface area (Å²) in [4.78, 5) is 4.37. The van der Waals surface area contributed by atoms with E-state index in [2.05, 4.69) is 36.2 Å². The van der Waals surface area contributed by atoms with E-state index in [-0.39, 0.29) is 0 Å². The van der Waals surface area contributed by atoms with Crippen LogP contribution in [0, 0.1) is 18.3 Å². The zero-order valence-corrected chi connectivity index (χ0v) is 9.82. The van der Waals surface area contributed by atoms with Gasteiger partial charge in [-0.15, -0.1) is 0 Å². The van der Waals surface area contributed by atoms with Crippen molar-refractivity contribution in [2.45, 2.75) is 32.6 Å². The van der Waals surface area contributed by atoms with Crippen molar-refractivity contribution in [2.75, 3.05) is 6.54 Å². The Labute approximate surface area is 97.6 Å². The molecule has 0 atom stereocenters. The van der Waals surface area contributed by atoms with E-state index in [0.717, 1.165) is 31.4 Å². The Morgan fingerprint density at radius 2 is 2.19 bits per heavy atom. The highest BCUT2D eigenvalue weighted by molar-refractivity contribution is 5.79. The van der Waals surface area contributed by atoms with Crippen LogP contribution in [0.2, 0.25) is 0 Å². The van der Waals surface area contributed by atoms with Crippen LogP contribution in [0.3, 0.4) is 0 Å². The Bertz CT molecular complexity index is 375. The van der Waals surface area contributed by atoms with Gasteiger partial charge in [-0.05, 0) is 25.3 Å². The SMILES string of the molecule is Cc1cccc(/C=N/CCCCCC#N)c1. The number of rotatable bonds is 6. The van der Waals surface area contributed by atoms with E-state index in [4.69, 9.17) is 5.26 Å². The number of nitrogens with zero attached hydrogens (tertiary/aromatic N) is 2. The molecule has 0 heterocycles. The molecule has 1 aromatic rings.